The molecule has 1 unspecified atom stereocenters. The first-order valence-electron chi connectivity index (χ1n) is 4.42. The van der Waals surface area contributed by atoms with Gasteiger partial charge in [-0.2, -0.15) is 0 Å². The predicted molar refractivity (Wildman–Crippen MR) is 60.5 cm³/mol. The highest BCUT2D eigenvalue weighted by Crippen LogP contribution is 2.28. The molecule has 0 saturated heterocycles. The fourth-order valence-corrected chi connectivity index (χ4v) is 1.79. The van der Waals surface area contributed by atoms with Gasteiger partial charge in [0.15, 0.2) is 0 Å². The van der Waals surface area contributed by atoms with Crippen LogP contribution >= 0.6 is 15.9 Å². The molecule has 0 heterocycles. The van der Waals surface area contributed by atoms with Crippen LogP contribution in [-0.4, -0.2) is 16.9 Å². The van der Waals surface area contributed by atoms with E-state index in [9.17, 15) is 9.59 Å². The summed E-state index contributed by atoms with van der Waals surface area (Å²) in [7, 11) is 0. The van der Waals surface area contributed by atoms with E-state index in [4.69, 9.17) is 5.11 Å². The number of carbonyl (C=O) groups is 2. The fourth-order valence-electron chi connectivity index (χ4n) is 1.41. The van der Waals surface area contributed by atoms with Crippen LogP contribution in [0.15, 0.2) is 18.2 Å². The number of aryl methyl sites for hydroxylation is 1. The van der Waals surface area contributed by atoms with Gasteiger partial charge < -0.3 is 5.11 Å². The summed E-state index contributed by atoms with van der Waals surface area (Å²) in [6, 6.07) is 5.11. The first-order chi connectivity index (χ1) is 6.95. The molecule has 1 atom stereocenters. The normalized spacial score (nSPS) is 12.2. The molecule has 0 aliphatic carbocycles. The fraction of sp³-hybridized carbons (Fsp3) is 0.273. The van der Waals surface area contributed by atoms with Gasteiger partial charge in [-0.1, -0.05) is 34.1 Å². The Morgan fingerprint density at radius 3 is 2.47 bits per heavy atom. The molecule has 0 aromatic heterocycles. The summed E-state index contributed by atoms with van der Waals surface area (Å²) in [6.07, 6.45) is 0. The van der Waals surface area contributed by atoms with Crippen molar-refractivity contribution in [2.75, 3.05) is 0 Å². The van der Waals surface area contributed by atoms with Crippen LogP contribution in [0, 0.1) is 6.92 Å². The molecule has 0 amide bonds. The van der Waals surface area contributed by atoms with Crippen LogP contribution in [-0.2, 0) is 4.79 Å². The summed E-state index contributed by atoms with van der Waals surface area (Å²) in [5.41, 5.74) is 1.37. The Morgan fingerprint density at radius 1 is 1.40 bits per heavy atom. The Kier molecular flexibility index (Phi) is 3.63. The monoisotopic (exact) mass is 270 g/mol. The van der Waals surface area contributed by atoms with E-state index in [-0.39, 0.29) is 11.3 Å². The molecule has 1 N–H and O–H groups in total. The third kappa shape index (κ3) is 2.45. The zero-order chi connectivity index (χ0) is 11.6. The van der Waals surface area contributed by atoms with Crippen molar-refractivity contribution in [3.63, 3.8) is 0 Å². The second-order valence-corrected chi connectivity index (χ2v) is 4.23. The number of halogens is 1. The zero-order valence-corrected chi connectivity index (χ0v) is 10.0. The molecule has 0 aliphatic heterocycles. The number of benzene rings is 1. The number of carboxylic acids is 1. The SMILES string of the molecule is CC(=O)C(Br)c1cccc(C)c1C(=O)O. The summed E-state index contributed by atoms with van der Waals surface area (Å²) in [4.78, 5) is 21.7. The van der Waals surface area contributed by atoms with Gasteiger partial charge in [0.25, 0.3) is 0 Å². The number of rotatable bonds is 3. The molecule has 0 bridgehead atoms. The number of carbonyl (C=O) groups excluding carboxylic acids is 1. The molecule has 1 rings (SSSR count). The van der Waals surface area contributed by atoms with Gasteiger partial charge in [0.2, 0.25) is 0 Å². The topological polar surface area (TPSA) is 54.4 Å². The number of aromatic carboxylic acids is 1. The first-order valence-corrected chi connectivity index (χ1v) is 5.34. The van der Waals surface area contributed by atoms with Crippen molar-refractivity contribution >= 4 is 27.7 Å². The second kappa shape index (κ2) is 4.57. The van der Waals surface area contributed by atoms with Gasteiger partial charge >= 0.3 is 5.97 Å². The lowest BCUT2D eigenvalue weighted by Gasteiger charge is -2.11. The molecule has 0 aliphatic rings. The maximum atomic E-state index is 11.2. The van der Waals surface area contributed by atoms with Gasteiger partial charge in [-0.15, -0.1) is 0 Å². The molecular weight excluding hydrogens is 260 g/mol. The lowest BCUT2D eigenvalue weighted by Crippen LogP contribution is -2.10. The number of Topliss-reactive ketones (excluding diaryl/α,β-unsaturated/α-hetero) is 1. The van der Waals surface area contributed by atoms with Crippen molar-refractivity contribution in [2.45, 2.75) is 18.7 Å². The zero-order valence-electron chi connectivity index (χ0n) is 8.45. The second-order valence-electron chi connectivity index (χ2n) is 3.32. The number of ketones is 1. The minimum atomic E-state index is -1.01. The van der Waals surface area contributed by atoms with Crippen LogP contribution in [0.1, 0.15) is 33.2 Å². The van der Waals surface area contributed by atoms with Crippen LogP contribution in [0.4, 0.5) is 0 Å². The van der Waals surface area contributed by atoms with E-state index in [2.05, 4.69) is 15.9 Å². The quantitative estimate of drug-likeness (QED) is 0.860. The van der Waals surface area contributed by atoms with Crippen molar-refractivity contribution in [2.24, 2.45) is 0 Å². The molecule has 0 fully saturated rings. The largest absolute Gasteiger partial charge is 0.478 e. The molecule has 15 heavy (non-hydrogen) atoms. The van der Waals surface area contributed by atoms with Crippen molar-refractivity contribution in [1.82, 2.24) is 0 Å². The first kappa shape index (κ1) is 11.9. The third-order valence-corrected chi connectivity index (χ3v) is 3.29. The highest BCUT2D eigenvalue weighted by Gasteiger charge is 2.21. The highest BCUT2D eigenvalue weighted by atomic mass is 79.9. The maximum absolute atomic E-state index is 11.2. The molecule has 4 heteroatoms. The minimum Gasteiger partial charge on any atom is -0.478 e. The lowest BCUT2D eigenvalue weighted by molar-refractivity contribution is -0.116. The third-order valence-electron chi connectivity index (χ3n) is 2.15. The maximum Gasteiger partial charge on any atom is 0.336 e. The standard InChI is InChI=1S/C11H11BrO3/c1-6-4-3-5-8(9(6)11(14)15)10(12)7(2)13/h3-5,10H,1-2H3,(H,14,15). The van der Waals surface area contributed by atoms with Gasteiger partial charge in [0.1, 0.15) is 5.78 Å². The molecule has 0 radical (unpaired) electrons. The average Bonchev–Trinajstić information content (AvgIpc) is 2.15. The highest BCUT2D eigenvalue weighted by molar-refractivity contribution is 9.09. The van der Waals surface area contributed by atoms with Crippen molar-refractivity contribution in [1.29, 1.82) is 0 Å². The van der Waals surface area contributed by atoms with E-state index in [1.54, 1.807) is 25.1 Å². The molecule has 1 aromatic carbocycles. The number of carboxylic acid groups (broad SMARTS) is 1. The average molecular weight is 271 g/mol. The lowest BCUT2D eigenvalue weighted by atomic mass is 9.98. The molecule has 3 nitrogen and oxygen atoms in total. The molecule has 80 valence electrons. The van der Waals surface area contributed by atoms with Crippen LogP contribution in [0.5, 0.6) is 0 Å². The Labute approximate surface area is 96.2 Å². The molecule has 0 spiro atoms. The summed E-state index contributed by atoms with van der Waals surface area (Å²) in [5.74, 6) is -1.11. The Balaban J connectivity index is 3.35. The van der Waals surface area contributed by atoms with Gasteiger partial charge in [-0.3, -0.25) is 4.79 Å². The van der Waals surface area contributed by atoms with E-state index in [1.807, 2.05) is 0 Å². The van der Waals surface area contributed by atoms with E-state index >= 15 is 0 Å². The van der Waals surface area contributed by atoms with Crippen LogP contribution in [0.25, 0.3) is 0 Å². The van der Waals surface area contributed by atoms with Crippen molar-refractivity contribution < 1.29 is 14.7 Å². The van der Waals surface area contributed by atoms with Gasteiger partial charge in [0, 0.05) is 0 Å². The minimum absolute atomic E-state index is 0.108. The van der Waals surface area contributed by atoms with Crippen molar-refractivity contribution in [3.8, 4) is 0 Å². The van der Waals surface area contributed by atoms with Crippen LogP contribution in [0.3, 0.4) is 0 Å². The summed E-state index contributed by atoms with van der Waals surface area (Å²) >= 11 is 3.19. The molecule has 0 saturated carbocycles. The van der Waals surface area contributed by atoms with E-state index in [0.717, 1.165) is 0 Å². The summed E-state index contributed by atoms with van der Waals surface area (Å²) in [5, 5.41) is 9.05. The molecular formula is C11H11BrO3. The smallest absolute Gasteiger partial charge is 0.336 e. The number of hydrogen-bond donors (Lipinski definition) is 1. The number of hydrogen-bond acceptors (Lipinski definition) is 2. The summed E-state index contributed by atoms with van der Waals surface area (Å²) < 4.78 is 0. The van der Waals surface area contributed by atoms with Crippen molar-refractivity contribution in [3.05, 3.63) is 34.9 Å². The van der Waals surface area contributed by atoms with E-state index in [0.29, 0.717) is 11.1 Å². The van der Waals surface area contributed by atoms with Crippen LogP contribution < -0.4 is 0 Å². The van der Waals surface area contributed by atoms with E-state index in [1.165, 1.54) is 6.92 Å². The van der Waals surface area contributed by atoms with Gasteiger partial charge in [-0.05, 0) is 25.0 Å². The van der Waals surface area contributed by atoms with E-state index < -0.39 is 10.8 Å². The Morgan fingerprint density at radius 2 is 2.00 bits per heavy atom. The predicted octanol–water partition coefficient (Wildman–Crippen LogP) is 2.72. The Hall–Kier alpha value is -1.16. The van der Waals surface area contributed by atoms with Gasteiger partial charge in [-0.25, -0.2) is 4.79 Å². The van der Waals surface area contributed by atoms with Gasteiger partial charge in [0.05, 0.1) is 10.4 Å². The summed E-state index contributed by atoms with van der Waals surface area (Å²) in [6.45, 7) is 3.14. The molecule has 1 aromatic rings. The number of alkyl halides is 1. The van der Waals surface area contributed by atoms with Crippen LogP contribution in [0.2, 0.25) is 0 Å². The Bertz CT molecular complexity index is 412.